The Kier molecular flexibility index (Phi) is 8.83. The van der Waals surface area contributed by atoms with Gasteiger partial charge in [-0.25, -0.2) is 14.8 Å². The first kappa shape index (κ1) is 26.7. The molecule has 2 heterocycles. The Morgan fingerprint density at radius 1 is 0.975 bits per heavy atom. The van der Waals surface area contributed by atoms with E-state index >= 15 is 0 Å². The standard InChI is InChI=1S/C31H32N6O3/c1-2-39-30(38)28(18-22-8-12-25(13-9-22)36-31-32-16-17-33-31)37-29-19-27(34-21-35-29)24-10-14-26(15-11-24)40-20-23-6-4-3-5-7-23/h3-15,19,21,28H,2,16-18,20H2,1H3,(H2,32,33,36)(H,34,35,37). The molecule has 0 radical (unpaired) electrons. The number of benzene rings is 3. The maximum absolute atomic E-state index is 12.8. The molecule has 0 saturated heterocycles. The Morgan fingerprint density at radius 2 is 1.77 bits per heavy atom. The number of hydrogen-bond acceptors (Lipinski definition) is 9. The second kappa shape index (κ2) is 13.2. The molecule has 0 aliphatic carbocycles. The number of guanidine groups is 1. The van der Waals surface area contributed by atoms with E-state index in [1.54, 1.807) is 6.92 Å². The summed E-state index contributed by atoms with van der Waals surface area (Å²) in [6.45, 7) is 4.20. The Morgan fingerprint density at radius 3 is 2.50 bits per heavy atom. The largest absolute Gasteiger partial charge is 0.489 e. The highest BCUT2D eigenvalue weighted by molar-refractivity contribution is 5.94. The van der Waals surface area contributed by atoms with E-state index in [0.717, 1.165) is 52.9 Å². The molecule has 0 saturated carbocycles. The van der Waals surface area contributed by atoms with E-state index in [2.05, 4.69) is 30.9 Å². The van der Waals surface area contributed by atoms with Crippen LogP contribution in [0.1, 0.15) is 18.1 Å². The summed E-state index contributed by atoms with van der Waals surface area (Å²) in [5, 5.41) is 9.69. The van der Waals surface area contributed by atoms with Crippen molar-refractivity contribution in [1.82, 2.24) is 15.3 Å². The molecule has 4 aromatic rings. The second-order valence-corrected chi connectivity index (χ2v) is 9.22. The summed E-state index contributed by atoms with van der Waals surface area (Å²) in [4.78, 5) is 26.0. The fraction of sp³-hybridized carbons (Fsp3) is 0.226. The van der Waals surface area contributed by atoms with Crippen molar-refractivity contribution in [3.8, 4) is 17.0 Å². The van der Waals surface area contributed by atoms with Crippen molar-refractivity contribution in [2.45, 2.75) is 26.0 Å². The van der Waals surface area contributed by atoms with Crippen molar-refractivity contribution >= 4 is 23.4 Å². The predicted molar refractivity (Wildman–Crippen MR) is 156 cm³/mol. The van der Waals surface area contributed by atoms with Gasteiger partial charge < -0.3 is 25.4 Å². The maximum Gasteiger partial charge on any atom is 0.328 e. The van der Waals surface area contributed by atoms with Gasteiger partial charge in [0, 0.05) is 30.3 Å². The van der Waals surface area contributed by atoms with Gasteiger partial charge in [0.2, 0.25) is 0 Å². The summed E-state index contributed by atoms with van der Waals surface area (Å²) in [7, 11) is 0. The van der Waals surface area contributed by atoms with Gasteiger partial charge in [0.15, 0.2) is 5.96 Å². The molecular weight excluding hydrogens is 504 g/mol. The molecule has 1 aliphatic heterocycles. The van der Waals surface area contributed by atoms with Crippen LogP contribution in [0.25, 0.3) is 11.3 Å². The third-order valence-electron chi connectivity index (χ3n) is 6.29. The minimum atomic E-state index is -0.615. The number of rotatable bonds is 11. The molecule has 204 valence electrons. The van der Waals surface area contributed by atoms with E-state index in [1.807, 2.05) is 84.9 Å². The molecule has 0 fully saturated rings. The third kappa shape index (κ3) is 7.35. The highest BCUT2D eigenvalue weighted by Gasteiger charge is 2.21. The lowest BCUT2D eigenvalue weighted by Crippen LogP contribution is -2.34. The summed E-state index contributed by atoms with van der Waals surface area (Å²) in [6, 6.07) is 26.9. The number of hydrogen-bond donors (Lipinski definition) is 3. The summed E-state index contributed by atoms with van der Waals surface area (Å²) in [5.74, 6) is 1.74. The first-order chi connectivity index (χ1) is 19.7. The Balaban J connectivity index is 1.24. The van der Waals surface area contributed by atoms with Crippen LogP contribution in [0, 0.1) is 0 Å². The fourth-order valence-corrected chi connectivity index (χ4v) is 4.25. The summed E-state index contributed by atoms with van der Waals surface area (Å²) >= 11 is 0. The Labute approximate surface area is 233 Å². The van der Waals surface area contributed by atoms with Crippen molar-refractivity contribution < 1.29 is 14.3 Å². The predicted octanol–water partition coefficient (Wildman–Crippen LogP) is 4.68. The van der Waals surface area contributed by atoms with Gasteiger partial charge in [0.25, 0.3) is 0 Å². The van der Waals surface area contributed by atoms with Crippen LogP contribution in [-0.2, 0) is 22.6 Å². The summed E-state index contributed by atoms with van der Waals surface area (Å²) in [6.07, 6.45) is 1.92. The quantitative estimate of drug-likeness (QED) is 0.237. The molecule has 3 N–H and O–H groups in total. The molecule has 3 aromatic carbocycles. The number of anilines is 2. The van der Waals surface area contributed by atoms with Gasteiger partial charge >= 0.3 is 5.97 Å². The van der Waals surface area contributed by atoms with Crippen LogP contribution in [0.2, 0.25) is 0 Å². The molecule has 0 spiro atoms. The van der Waals surface area contributed by atoms with E-state index in [9.17, 15) is 4.79 Å². The normalized spacial score (nSPS) is 13.1. The first-order valence-corrected chi connectivity index (χ1v) is 13.3. The average Bonchev–Trinajstić information content (AvgIpc) is 3.51. The smallest absolute Gasteiger partial charge is 0.328 e. The number of ether oxygens (including phenoxy) is 2. The van der Waals surface area contributed by atoms with Gasteiger partial charge in [-0.05, 0) is 54.4 Å². The van der Waals surface area contributed by atoms with Crippen molar-refractivity contribution in [3.63, 3.8) is 0 Å². The number of aliphatic imine (C=N–C) groups is 1. The zero-order valence-corrected chi connectivity index (χ0v) is 22.3. The second-order valence-electron chi connectivity index (χ2n) is 9.22. The lowest BCUT2D eigenvalue weighted by atomic mass is 10.1. The molecule has 5 rings (SSSR count). The molecule has 1 aliphatic rings. The monoisotopic (exact) mass is 536 g/mol. The summed E-state index contributed by atoms with van der Waals surface area (Å²) in [5.41, 5.74) is 4.66. The Bertz CT molecular complexity index is 1430. The molecule has 9 nitrogen and oxygen atoms in total. The highest BCUT2D eigenvalue weighted by atomic mass is 16.5. The van der Waals surface area contributed by atoms with Gasteiger partial charge in [-0.15, -0.1) is 0 Å². The molecule has 0 bridgehead atoms. The van der Waals surface area contributed by atoms with Crippen molar-refractivity contribution in [2.75, 3.05) is 30.3 Å². The van der Waals surface area contributed by atoms with Gasteiger partial charge in [-0.2, -0.15) is 0 Å². The molecule has 1 atom stereocenters. The van der Waals surface area contributed by atoms with Crippen LogP contribution in [-0.4, -0.2) is 47.6 Å². The van der Waals surface area contributed by atoms with Crippen molar-refractivity contribution in [2.24, 2.45) is 4.99 Å². The highest BCUT2D eigenvalue weighted by Crippen LogP contribution is 2.23. The van der Waals surface area contributed by atoms with Crippen LogP contribution in [0.5, 0.6) is 5.75 Å². The fourth-order valence-electron chi connectivity index (χ4n) is 4.25. The molecule has 40 heavy (non-hydrogen) atoms. The zero-order valence-electron chi connectivity index (χ0n) is 22.3. The van der Waals surface area contributed by atoms with Crippen LogP contribution in [0.3, 0.4) is 0 Å². The van der Waals surface area contributed by atoms with Gasteiger partial charge in [0.1, 0.15) is 30.5 Å². The topological polar surface area (TPSA) is 110 Å². The van der Waals surface area contributed by atoms with Crippen LogP contribution in [0.15, 0.2) is 96.2 Å². The first-order valence-electron chi connectivity index (χ1n) is 13.3. The van der Waals surface area contributed by atoms with E-state index < -0.39 is 6.04 Å². The zero-order chi connectivity index (χ0) is 27.6. The number of aromatic nitrogens is 2. The van der Waals surface area contributed by atoms with Gasteiger partial charge in [0.05, 0.1) is 18.8 Å². The van der Waals surface area contributed by atoms with Crippen LogP contribution in [0.4, 0.5) is 11.5 Å². The summed E-state index contributed by atoms with van der Waals surface area (Å²) < 4.78 is 11.2. The molecular formula is C31H32N6O3. The molecule has 1 unspecified atom stereocenters. The third-order valence-corrected chi connectivity index (χ3v) is 6.29. The molecule has 1 aromatic heterocycles. The number of nitrogens with zero attached hydrogens (tertiary/aromatic N) is 3. The minimum absolute atomic E-state index is 0.294. The van der Waals surface area contributed by atoms with Crippen LogP contribution < -0.4 is 20.7 Å². The number of esters is 1. The van der Waals surface area contributed by atoms with Gasteiger partial charge in [-0.3, -0.25) is 4.99 Å². The number of carbonyl (C=O) groups excluding carboxylic acids is 1. The van der Waals surface area contributed by atoms with E-state index in [1.165, 1.54) is 6.33 Å². The minimum Gasteiger partial charge on any atom is -0.489 e. The Hall–Kier alpha value is -4.92. The van der Waals surface area contributed by atoms with Gasteiger partial charge in [-0.1, -0.05) is 42.5 Å². The van der Waals surface area contributed by atoms with E-state index in [0.29, 0.717) is 25.5 Å². The van der Waals surface area contributed by atoms with Crippen LogP contribution >= 0.6 is 0 Å². The molecule has 9 heteroatoms. The van der Waals surface area contributed by atoms with Crippen molar-refractivity contribution in [3.05, 3.63) is 102 Å². The van der Waals surface area contributed by atoms with Crippen molar-refractivity contribution in [1.29, 1.82) is 0 Å². The van der Waals surface area contributed by atoms with E-state index in [-0.39, 0.29) is 5.97 Å². The number of nitrogens with one attached hydrogen (secondary N) is 3. The maximum atomic E-state index is 12.8. The molecule has 0 amide bonds. The average molecular weight is 537 g/mol. The lowest BCUT2D eigenvalue weighted by molar-refractivity contribution is -0.144. The number of carbonyl (C=O) groups is 1. The SMILES string of the molecule is CCOC(=O)C(Cc1ccc(NC2=NCCN2)cc1)Nc1cc(-c2ccc(OCc3ccccc3)cc2)ncn1. The lowest BCUT2D eigenvalue weighted by Gasteiger charge is -2.18. The van der Waals surface area contributed by atoms with E-state index in [4.69, 9.17) is 9.47 Å².